The topological polar surface area (TPSA) is 75.0 Å². The lowest BCUT2D eigenvalue weighted by atomic mass is 10.0. The third-order valence-electron chi connectivity index (χ3n) is 3.58. The lowest BCUT2D eigenvalue weighted by Gasteiger charge is -2.10. The molecule has 5 heteroatoms. The molecule has 0 atom stereocenters. The van der Waals surface area contributed by atoms with Gasteiger partial charge in [-0.1, -0.05) is 6.07 Å². The number of likely N-dealkylation sites (N-methyl/N-ethyl adjacent to an activating group) is 1. The quantitative estimate of drug-likeness (QED) is 0.863. The summed E-state index contributed by atoms with van der Waals surface area (Å²) in [5.41, 5.74) is 10.8. The van der Waals surface area contributed by atoms with Gasteiger partial charge >= 0.3 is 0 Å². The van der Waals surface area contributed by atoms with Gasteiger partial charge < -0.3 is 10.6 Å². The number of carbonyl (C=O) groups excluding carboxylic acids is 1. The van der Waals surface area contributed by atoms with Crippen molar-refractivity contribution >= 4 is 11.6 Å². The monoisotopic (exact) mass is 256 g/mol. The van der Waals surface area contributed by atoms with Gasteiger partial charge in [-0.15, -0.1) is 0 Å². The Balaban J connectivity index is 2.02. The number of nitrogens with two attached hydrogens (primary N) is 1. The van der Waals surface area contributed by atoms with Crippen molar-refractivity contribution in [1.29, 1.82) is 0 Å². The molecule has 2 aromatic rings. The van der Waals surface area contributed by atoms with Gasteiger partial charge in [0.05, 0.1) is 18.3 Å². The Kier molecular flexibility index (Phi) is 2.83. The highest BCUT2D eigenvalue weighted by molar-refractivity contribution is 6.01. The normalized spacial score (nSPS) is 14.0. The second-order valence-corrected chi connectivity index (χ2v) is 4.78. The summed E-state index contributed by atoms with van der Waals surface area (Å²) in [6, 6.07) is 6.06. The number of H-pyrrole nitrogens is 1. The molecule has 0 saturated carbocycles. The fraction of sp³-hybridized carbons (Fsp3) is 0.286. The molecule has 0 bridgehead atoms. The molecule has 0 fully saturated rings. The van der Waals surface area contributed by atoms with Gasteiger partial charge in [-0.2, -0.15) is 5.10 Å². The standard InChI is InChI=1S/C14H16N4O/c1-18-12-3-2-9(6-11(12)7-13(18)19)14-10(4-5-15)8-16-17-14/h2-3,6,8H,4-5,7,15H2,1H3,(H,16,17). The van der Waals surface area contributed by atoms with Crippen molar-refractivity contribution in [1.82, 2.24) is 10.2 Å². The van der Waals surface area contributed by atoms with Crippen molar-refractivity contribution in [2.45, 2.75) is 12.8 Å². The molecule has 3 rings (SSSR count). The minimum absolute atomic E-state index is 0.138. The fourth-order valence-electron chi connectivity index (χ4n) is 2.53. The van der Waals surface area contributed by atoms with E-state index in [4.69, 9.17) is 5.73 Å². The molecule has 1 aromatic heterocycles. The number of aromatic amines is 1. The van der Waals surface area contributed by atoms with Crippen LogP contribution in [0.25, 0.3) is 11.3 Å². The van der Waals surface area contributed by atoms with Crippen LogP contribution in [0.1, 0.15) is 11.1 Å². The van der Waals surface area contributed by atoms with Crippen molar-refractivity contribution in [3.63, 3.8) is 0 Å². The summed E-state index contributed by atoms with van der Waals surface area (Å²) in [6.07, 6.45) is 3.08. The molecule has 0 radical (unpaired) electrons. The zero-order valence-corrected chi connectivity index (χ0v) is 10.8. The van der Waals surface area contributed by atoms with Crippen LogP contribution in [0, 0.1) is 0 Å². The molecule has 1 amide bonds. The second-order valence-electron chi connectivity index (χ2n) is 4.78. The highest BCUT2D eigenvalue weighted by atomic mass is 16.2. The predicted octanol–water partition coefficient (Wildman–Crippen LogP) is 1.10. The number of aromatic nitrogens is 2. The number of hydrogen-bond donors (Lipinski definition) is 2. The predicted molar refractivity (Wildman–Crippen MR) is 73.9 cm³/mol. The Morgan fingerprint density at radius 1 is 1.47 bits per heavy atom. The van der Waals surface area contributed by atoms with E-state index in [0.29, 0.717) is 13.0 Å². The Bertz CT molecular complexity index is 632. The SMILES string of the molecule is CN1C(=O)Cc2cc(-c3[nH]ncc3CCN)ccc21. The molecule has 0 spiro atoms. The maximum absolute atomic E-state index is 11.7. The molecule has 0 saturated heterocycles. The molecular weight excluding hydrogens is 240 g/mol. The van der Waals surface area contributed by atoms with Crippen molar-refractivity contribution in [3.8, 4) is 11.3 Å². The minimum atomic E-state index is 0.138. The lowest BCUT2D eigenvalue weighted by Crippen LogP contribution is -2.20. The first-order valence-corrected chi connectivity index (χ1v) is 6.33. The summed E-state index contributed by atoms with van der Waals surface area (Å²) in [7, 11) is 1.81. The summed E-state index contributed by atoms with van der Waals surface area (Å²) < 4.78 is 0. The van der Waals surface area contributed by atoms with Crippen LogP contribution >= 0.6 is 0 Å². The van der Waals surface area contributed by atoms with Crippen molar-refractivity contribution in [3.05, 3.63) is 35.5 Å². The van der Waals surface area contributed by atoms with E-state index in [2.05, 4.69) is 16.3 Å². The van der Waals surface area contributed by atoms with Crippen LogP contribution in [0.3, 0.4) is 0 Å². The number of benzene rings is 1. The zero-order valence-electron chi connectivity index (χ0n) is 10.8. The first-order valence-electron chi connectivity index (χ1n) is 6.33. The summed E-state index contributed by atoms with van der Waals surface area (Å²) in [5, 5.41) is 7.10. The van der Waals surface area contributed by atoms with E-state index in [1.807, 2.05) is 25.4 Å². The molecule has 3 N–H and O–H groups in total. The van der Waals surface area contributed by atoms with Crippen LogP contribution in [0.15, 0.2) is 24.4 Å². The largest absolute Gasteiger partial charge is 0.330 e. The third-order valence-corrected chi connectivity index (χ3v) is 3.58. The first kappa shape index (κ1) is 11.9. The molecule has 1 aliphatic rings. The van der Waals surface area contributed by atoms with Crippen molar-refractivity contribution in [2.75, 3.05) is 18.5 Å². The summed E-state index contributed by atoms with van der Waals surface area (Å²) in [6.45, 7) is 0.596. The fourth-order valence-corrected chi connectivity index (χ4v) is 2.53. The van der Waals surface area contributed by atoms with Crippen LogP contribution in [0.4, 0.5) is 5.69 Å². The molecular formula is C14H16N4O. The molecule has 1 aromatic carbocycles. The smallest absolute Gasteiger partial charge is 0.231 e. The Morgan fingerprint density at radius 3 is 3.11 bits per heavy atom. The van der Waals surface area contributed by atoms with E-state index in [-0.39, 0.29) is 5.91 Å². The van der Waals surface area contributed by atoms with Gasteiger partial charge in [-0.25, -0.2) is 0 Å². The average molecular weight is 256 g/mol. The molecule has 19 heavy (non-hydrogen) atoms. The Hall–Kier alpha value is -2.14. The third kappa shape index (κ3) is 1.92. The van der Waals surface area contributed by atoms with Crippen molar-refractivity contribution in [2.24, 2.45) is 5.73 Å². The molecule has 0 aliphatic carbocycles. The molecule has 1 aliphatic heterocycles. The first-order chi connectivity index (χ1) is 9.20. The van der Waals surface area contributed by atoms with Crippen LogP contribution in [-0.4, -0.2) is 29.7 Å². The molecule has 98 valence electrons. The Labute approximate surface area is 111 Å². The van der Waals surface area contributed by atoms with Crippen LogP contribution in [0.2, 0.25) is 0 Å². The van der Waals surface area contributed by atoms with E-state index in [0.717, 1.165) is 34.5 Å². The number of fused-ring (bicyclic) bond motifs is 1. The number of carbonyl (C=O) groups is 1. The molecule has 2 heterocycles. The van der Waals surface area contributed by atoms with Gasteiger partial charge in [0, 0.05) is 18.3 Å². The molecule has 0 unspecified atom stereocenters. The van der Waals surface area contributed by atoms with Gasteiger partial charge in [-0.05, 0) is 36.2 Å². The van der Waals surface area contributed by atoms with E-state index < -0.39 is 0 Å². The number of anilines is 1. The maximum atomic E-state index is 11.7. The van der Waals surface area contributed by atoms with Gasteiger partial charge in [0.1, 0.15) is 0 Å². The van der Waals surface area contributed by atoms with E-state index >= 15 is 0 Å². The van der Waals surface area contributed by atoms with Crippen LogP contribution in [-0.2, 0) is 17.6 Å². The van der Waals surface area contributed by atoms with E-state index in [1.54, 1.807) is 4.90 Å². The van der Waals surface area contributed by atoms with Gasteiger partial charge in [0.25, 0.3) is 0 Å². The van der Waals surface area contributed by atoms with Crippen LogP contribution in [0.5, 0.6) is 0 Å². The van der Waals surface area contributed by atoms with E-state index in [9.17, 15) is 4.79 Å². The Morgan fingerprint density at radius 2 is 2.32 bits per heavy atom. The number of nitrogens with zero attached hydrogens (tertiary/aromatic N) is 2. The number of amides is 1. The highest BCUT2D eigenvalue weighted by Gasteiger charge is 2.24. The van der Waals surface area contributed by atoms with Crippen LogP contribution < -0.4 is 10.6 Å². The highest BCUT2D eigenvalue weighted by Crippen LogP contribution is 2.32. The summed E-state index contributed by atoms with van der Waals surface area (Å²) in [5.74, 6) is 0.138. The number of hydrogen-bond acceptors (Lipinski definition) is 3. The van der Waals surface area contributed by atoms with Gasteiger partial charge in [-0.3, -0.25) is 9.89 Å². The number of rotatable bonds is 3. The minimum Gasteiger partial charge on any atom is -0.330 e. The zero-order chi connectivity index (χ0) is 13.4. The molecule has 5 nitrogen and oxygen atoms in total. The summed E-state index contributed by atoms with van der Waals surface area (Å²) in [4.78, 5) is 13.4. The van der Waals surface area contributed by atoms with Gasteiger partial charge in [0.15, 0.2) is 0 Å². The number of nitrogens with one attached hydrogen (secondary N) is 1. The van der Waals surface area contributed by atoms with Gasteiger partial charge in [0.2, 0.25) is 5.91 Å². The summed E-state index contributed by atoms with van der Waals surface area (Å²) >= 11 is 0. The second kappa shape index (κ2) is 4.51. The average Bonchev–Trinajstić information content (AvgIpc) is 2.96. The lowest BCUT2D eigenvalue weighted by molar-refractivity contribution is -0.117. The van der Waals surface area contributed by atoms with Crippen molar-refractivity contribution < 1.29 is 4.79 Å². The van der Waals surface area contributed by atoms with E-state index in [1.165, 1.54) is 0 Å². The maximum Gasteiger partial charge on any atom is 0.231 e.